The summed E-state index contributed by atoms with van der Waals surface area (Å²) in [5.74, 6) is -0.543. The molecule has 0 bridgehead atoms. The molecule has 0 atom stereocenters. The molecular weight excluding hydrogens is 152 g/mol. The van der Waals surface area contributed by atoms with Crippen molar-refractivity contribution in [3.63, 3.8) is 0 Å². The van der Waals surface area contributed by atoms with Crippen molar-refractivity contribution in [2.24, 2.45) is 5.11 Å². The van der Waals surface area contributed by atoms with Gasteiger partial charge in [0.2, 0.25) is 0 Å². The van der Waals surface area contributed by atoms with Crippen LogP contribution in [0.5, 0.6) is 0 Å². The highest BCUT2D eigenvalue weighted by molar-refractivity contribution is 5.91. The molecule has 0 saturated heterocycles. The smallest absolute Gasteiger partial charge is 0.266 e. The number of hydrogen-bond acceptors (Lipinski definition) is 2. The molecule has 3 heteroatoms. The second-order valence-corrected chi connectivity index (χ2v) is 2.19. The number of nitrogens with zero attached hydrogens (tertiary/aromatic N) is 1. The number of rotatable bonds is 2. The molecule has 0 radical (unpaired) electrons. The van der Waals surface area contributed by atoms with E-state index < -0.39 is 5.91 Å². The molecule has 0 fully saturated rings. The summed E-state index contributed by atoms with van der Waals surface area (Å²) in [5.41, 5.74) is 7.32. The Balaban J connectivity index is 2.70. The average Bonchev–Trinajstić information content (AvgIpc) is 2.16. The van der Waals surface area contributed by atoms with E-state index in [1.54, 1.807) is 6.08 Å². The molecule has 0 aliphatic heterocycles. The lowest BCUT2D eigenvalue weighted by molar-refractivity contribution is -0.114. The largest absolute Gasteiger partial charge is 0.287 e. The standard InChI is InChI=1S/C9H8N2O/c10-11-9(12)7-6-8-4-2-1-3-5-8/h1-7,10H/b7-6+,11-10?. The Morgan fingerprint density at radius 3 is 2.58 bits per heavy atom. The van der Waals surface area contributed by atoms with E-state index in [1.807, 2.05) is 30.3 Å². The lowest BCUT2D eigenvalue weighted by Crippen LogP contribution is -1.81. The Bertz CT molecular complexity index is 304. The second-order valence-electron chi connectivity index (χ2n) is 2.19. The van der Waals surface area contributed by atoms with Gasteiger partial charge in [0.1, 0.15) is 0 Å². The Hall–Kier alpha value is -1.77. The van der Waals surface area contributed by atoms with Gasteiger partial charge in [-0.1, -0.05) is 30.3 Å². The van der Waals surface area contributed by atoms with Gasteiger partial charge in [-0.15, -0.1) is 5.11 Å². The molecule has 1 aromatic carbocycles. The molecule has 1 N–H and O–H groups in total. The third kappa shape index (κ3) is 2.46. The molecule has 0 aromatic heterocycles. The predicted molar refractivity (Wildman–Crippen MR) is 45.6 cm³/mol. The van der Waals surface area contributed by atoms with Crippen LogP contribution in [0.1, 0.15) is 5.56 Å². The molecule has 0 heterocycles. The van der Waals surface area contributed by atoms with Crippen LogP contribution in [0.2, 0.25) is 0 Å². The zero-order chi connectivity index (χ0) is 8.81. The summed E-state index contributed by atoms with van der Waals surface area (Å²) < 4.78 is 0. The summed E-state index contributed by atoms with van der Waals surface area (Å²) in [7, 11) is 0. The highest BCUT2D eigenvalue weighted by atomic mass is 16.1. The molecular formula is C9H8N2O. The molecule has 3 nitrogen and oxygen atoms in total. The van der Waals surface area contributed by atoms with Crippen LogP contribution in [0, 0.1) is 5.53 Å². The average molecular weight is 160 g/mol. The molecule has 1 rings (SSSR count). The summed E-state index contributed by atoms with van der Waals surface area (Å²) >= 11 is 0. The molecule has 0 aliphatic rings. The molecule has 1 aromatic rings. The fourth-order valence-electron chi connectivity index (χ4n) is 0.769. The van der Waals surface area contributed by atoms with Crippen LogP contribution in [0.25, 0.3) is 6.08 Å². The summed E-state index contributed by atoms with van der Waals surface area (Å²) in [6.45, 7) is 0. The van der Waals surface area contributed by atoms with Gasteiger partial charge in [0.05, 0.1) is 0 Å². The lowest BCUT2D eigenvalue weighted by Gasteiger charge is -1.88. The third-order valence-corrected chi connectivity index (χ3v) is 1.33. The molecule has 1 amide bonds. The number of carbonyl (C=O) groups excluding carboxylic acids is 1. The number of hydrogen-bond donors (Lipinski definition) is 1. The maximum absolute atomic E-state index is 10.5. The molecule has 12 heavy (non-hydrogen) atoms. The minimum Gasteiger partial charge on any atom is -0.266 e. The van der Waals surface area contributed by atoms with E-state index in [9.17, 15) is 4.79 Å². The fraction of sp³-hybridized carbons (Fsp3) is 0. The maximum Gasteiger partial charge on any atom is 0.287 e. The predicted octanol–water partition coefficient (Wildman–Crippen LogP) is 2.26. The molecule has 0 aliphatic carbocycles. The van der Waals surface area contributed by atoms with Gasteiger partial charge in [-0.05, 0) is 11.6 Å². The second kappa shape index (κ2) is 4.18. The Labute approximate surface area is 70.2 Å². The van der Waals surface area contributed by atoms with E-state index in [2.05, 4.69) is 5.11 Å². The first-order chi connectivity index (χ1) is 5.83. The van der Waals surface area contributed by atoms with E-state index in [4.69, 9.17) is 5.53 Å². The summed E-state index contributed by atoms with van der Waals surface area (Å²) in [6.07, 6.45) is 2.89. The quantitative estimate of drug-likeness (QED) is 0.523. The summed E-state index contributed by atoms with van der Waals surface area (Å²) in [6, 6.07) is 9.39. The van der Waals surface area contributed by atoms with Gasteiger partial charge in [0.15, 0.2) is 0 Å². The van der Waals surface area contributed by atoms with Crippen LogP contribution in [-0.4, -0.2) is 5.91 Å². The minimum atomic E-state index is -0.543. The van der Waals surface area contributed by atoms with E-state index in [1.165, 1.54) is 6.08 Å². The normalized spacial score (nSPS) is 10.0. The van der Waals surface area contributed by atoms with Gasteiger partial charge in [0.25, 0.3) is 5.91 Å². The topological polar surface area (TPSA) is 53.3 Å². The van der Waals surface area contributed by atoms with Gasteiger partial charge in [0, 0.05) is 6.08 Å². The van der Waals surface area contributed by atoms with Crippen LogP contribution >= 0.6 is 0 Å². The number of amides is 1. The van der Waals surface area contributed by atoms with Crippen molar-refractivity contribution in [2.75, 3.05) is 0 Å². The van der Waals surface area contributed by atoms with E-state index in [0.717, 1.165) is 5.56 Å². The highest BCUT2D eigenvalue weighted by Gasteiger charge is 1.88. The molecule has 0 spiro atoms. The first-order valence-electron chi connectivity index (χ1n) is 3.47. The Morgan fingerprint density at radius 1 is 1.33 bits per heavy atom. The van der Waals surface area contributed by atoms with Gasteiger partial charge in [-0.2, -0.15) is 0 Å². The number of nitrogens with one attached hydrogen (secondary N) is 1. The first-order valence-corrected chi connectivity index (χ1v) is 3.47. The van der Waals surface area contributed by atoms with E-state index in [0.29, 0.717) is 0 Å². The minimum absolute atomic E-state index is 0.543. The third-order valence-electron chi connectivity index (χ3n) is 1.33. The van der Waals surface area contributed by atoms with Crippen molar-refractivity contribution in [3.8, 4) is 0 Å². The number of carbonyl (C=O) groups is 1. The van der Waals surface area contributed by atoms with Crippen LogP contribution in [0.15, 0.2) is 41.5 Å². The summed E-state index contributed by atoms with van der Waals surface area (Å²) in [4.78, 5) is 10.5. The van der Waals surface area contributed by atoms with E-state index in [-0.39, 0.29) is 0 Å². The first kappa shape index (κ1) is 8.33. The molecule has 0 unspecified atom stereocenters. The lowest BCUT2D eigenvalue weighted by atomic mass is 10.2. The molecule has 60 valence electrons. The Morgan fingerprint density at radius 2 is 2.00 bits per heavy atom. The zero-order valence-electron chi connectivity index (χ0n) is 6.40. The molecule has 0 saturated carbocycles. The van der Waals surface area contributed by atoms with Gasteiger partial charge < -0.3 is 0 Å². The number of benzene rings is 1. The van der Waals surface area contributed by atoms with Crippen molar-refractivity contribution < 1.29 is 4.79 Å². The van der Waals surface area contributed by atoms with Crippen molar-refractivity contribution in [3.05, 3.63) is 42.0 Å². The zero-order valence-corrected chi connectivity index (χ0v) is 6.40. The van der Waals surface area contributed by atoms with Gasteiger partial charge >= 0.3 is 0 Å². The van der Waals surface area contributed by atoms with Crippen LogP contribution in [0.4, 0.5) is 0 Å². The SMILES string of the molecule is N=NC(=O)/C=C/c1ccccc1. The van der Waals surface area contributed by atoms with Crippen molar-refractivity contribution in [1.82, 2.24) is 0 Å². The maximum atomic E-state index is 10.5. The Kier molecular flexibility index (Phi) is 2.90. The van der Waals surface area contributed by atoms with Crippen molar-refractivity contribution >= 4 is 12.0 Å². The van der Waals surface area contributed by atoms with Crippen molar-refractivity contribution in [1.29, 1.82) is 5.53 Å². The van der Waals surface area contributed by atoms with Gasteiger partial charge in [-0.25, -0.2) is 5.53 Å². The van der Waals surface area contributed by atoms with Crippen LogP contribution in [0.3, 0.4) is 0 Å². The highest BCUT2D eigenvalue weighted by Crippen LogP contribution is 2.00. The van der Waals surface area contributed by atoms with Crippen LogP contribution in [-0.2, 0) is 4.79 Å². The van der Waals surface area contributed by atoms with E-state index >= 15 is 0 Å². The van der Waals surface area contributed by atoms with Crippen LogP contribution < -0.4 is 0 Å². The van der Waals surface area contributed by atoms with Crippen molar-refractivity contribution in [2.45, 2.75) is 0 Å². The monoisotopic (exact) mass is 160 g/mol. The fourth-order valence-corrected chi connectivity index (χ4v) is 0.769. The van der Waals surface area contributed by atoms with Gasteiger partial charge in [-0.3, -0.25) is 4.79 Å². The summed E-state index contributed by atoms with van der Waals surface area (Å²) in [5, 5.41) is 2.73.